The lowest BCUT2D eigenvalue weighted by molar-refractivity contribution is -0.139. The van der Waals surface area contributed by atoms with Gasteiger partial charge in [-0.1, -0.05) is 35.6 Å². The summed E-state index contributed by atoms with van der Waals surface area (Å²) in [5.74, 6) is -0.611. The average molecular weight is 627 g/mol. The minimum Gasteiger partial charge on any atom is -0.496 e. The topological polar surface area (TPSA) is 79.1 Å². The summed E-state index contributed by atoms with van der Waals surface area (Å²) in [4.78, 5) is 31.7. The maximum Gasteiger partial charge on any atom is 0.416 e. The van der Waals surface area contributed by atoms with Crippen molar-refractivity contribution in [3.8, 4) is 11.5 Å². The first-order valence-electron chi connectivity index (χ1n) is 13.4. The zero-order valence-corrected chi connectivity index (χ0v) is 24.6. The van der Waals surface area contributed by atoms with Gasteiger partial charge in [-0.25, -0.2) is 14.2 Å². The molecule has 1 aromatic heterocycles. The molecule has 1 atom stereocenters. The Hall–Kier alpha value is -4.71. The molecule has 1 unspecified atom stereocenters. The number of ether oxygens (including phenoxy) is 3. The first kappa shape index (κ1) is 30.7. The number of aromatic nitrogens is 1. The molecule has 4 aromatic rings. The lowest BCUT2D eigenvalue weighted by Crippen LogP contribution is -2.39. The highest BCUT2D eigenvalue weighted by Crippen LogP contribution is 2.33. The van der Waals surface area contributed by atoms with Gasteiger partial charge in [0.05, 0.1) is 41.1 Å². The number of hydrogen-bond acceptors (Lipinski definition) is 7. The van der Waals surface area contributed by atoms with E-state index in [0.717, 1.165) is 23.5 Å². The predicted octanol–water partition coefficient (Wildman–Crippen LogP) is 5.54. The third-order valence-corrected chi connectivity index (χ3v) is 7.84. The Kier molecular flexibility index (Phi) is 8.73. The summed E-state index contributed by atoms with van der Waals surface area (Å²) >= 11 is 1.12. The van der Waals surface area contributed by atoms with Crippen LogP contribution in [0.4, 0.5) is 17.6 Å². The maximum atomic E-state index is 13.8. The Balaban J connectivity index is 1.54. The Bertz CT molecular complexity index is 1930. The number of methoxy groups -OCH3 is 1. The Labute approximate surface area is 253 Å². The maximum absolute atomic E-state index is 13.8. The van der Waals surface area contributed by atoms with Gasteiger partial charge in [-0.3, -0.25) is 9.36 Å². The van der Waals surface area contributed by atoms with Crippen LogP contribution < -0.4 is 24.4 Å². The van der Waals surface area contributed by atoms with Crippen LogP contribution in [0.15, 0.2) is 87.8 Å². The highest BCUT2D eigenvalue weighted by Gasteiger charge is 2.33. The van der Waals surface area contributed by atoms with Gasteiger partial charge in [0.15, 0.2) is 4.80 Å². The van der Waals surface area contributed by atoms with E-state index in [0.29, 0.717) is 37.5 Å². The molecule has 0 radical (unpaired) electrons. The summed E-state index contributed by atoms with van der Waals surface area (Å²) < 4.78 is 71.2. The van der Waals surface area contributed by atoms with Gasteiger partial charge in [-0.2, -0.15) is 13.2 Å². The van der Waals surface area contributed by atoms with Crippen molar-refractivity contribution >= 4 is 23.4 Å². The summed E-state index contributed by atoms with van der Waals surface area (Å²) in [7, 11) is 1.46. The third-order valence-electron chi connectivity index (χ3n) is 6.86. The van der Waals surface area contributed by atoms with Gasteiger partial charge >= 0.3 is 12.1 Å². The Morgan fingerprint density at radius 1 is 1.09 bits per heavy atom. The van der Waals surface area contributed by atoms with E-state index in [-0.39, 0.29) is 24.5 Å². The highest BCUT2D eigenvalue weighted by molar-refractivity contribution is 7.07. The molecule has 1 aliphatic rings. The summed E-state index contributed by atoms with van der Waals surface area (Å²) in [6.07, 6.45) is -2.87. The molecule has 3 aromatic carbocycles. The largest absolute Gasteiger partial charge is 0.496 e. The number of carbonyl (C=O) groups excluding carboxylic acids is 1. The van der Waals surface area contributed by atoms with Gasteiger partial charge in [0.1, 0.15) is 23.9 Å². The van der Waals surface area contributed by atoms with E-state index >= 15 is 0 Å². The fourth-order valence-electron chi connectivity index (χ4n) is 4.83. The first-order valence-corrected chi connectivity index (χ1v) is 14.2. The molecule has 12 heteroatoms. The van der Waals surface area contributed by atoms with Crippen molar-refractivity contribution in [2.24, 2.45) is 4.99 Å². The Morgan fingerprint density at radius 3 is 2.52 bits per heavy atom. The molecule has 1 aliphatic heterocycles. The predicted molar refractivity (Wildman–Crippen MR) is 156 cm³/mol. The van der Waals surface area contributed by atoms with E-state index in [1.807, 2.05) is 0 Å². The molecule has 5 rings (SSSR count). The summed E-state index contributed by atoms with van der Waals surface area (Å²) in [5.41, 5.74) is 0.950. The van der Waals surface area contributed by atoms with Crippen molar-refractivity contribution in [2.75, 3.05) is 13.7 Å². The minimum atomic E-state index is -4.51. The number of nitrogens with zero attached hydrogens (tertiary/aromatic N) is 2. The molecule has 0 spiro atoms. The zero-order chi connectivity index (χ0) is 31.6. The number of benzene rings is 3. The van der Waals surface area contributed by atoms with E-state index in [9.17, 15) is 27.2 Å². The minimum absolute atomic E-state index is 0.0363. The van der Waals surface area contributed by atoms with Gasteiger partial charge < -0.3 is 14.2 Å². The van der Waals surface area contributed by atoms with E-state index in [2.05, 4.69) is 4.99 Å². The van der Waals surface area contributed by atoms with Gasteiger partial charge in [0, 0.05) is 5.56 Å². The smallest absolute Gasteiger partial charge is 0.416 e. The average Bonchev–Trinajstić information content (AvgIpc) is 3.29. The molecule has 0 aliphatic carbocycles. The number of hydrogen-bond donors (Lipinski definition) is 0. The number of rotatable bonds is 8. The van der Waals surface area contributed by atoms with Crippen LogP contribution in [0.1, 0.15) is 42.1 Å². The summed E-state index contributed by atoms with van der Waals surface area (Å²) in [5, 5.41) is 0. The van der Waals surface area contributed by atoms with Crippen molar-refractivity contribution < 1.29 is 36.6 Å². The Morgan fingerprint density at radius 2 is 1.84 bits per heavy atom. The van der Waals surface area contributed by atoms with Crippen LogP contribution in [0.2, 0.25) is 0 Å². The molecule has 7 nitrogen and oxygen atoms in total. The SMILES string of the molecule is CCOC(=O)C1=C(C)N=c2s/c(=C/c3ccc(OC)c(COc4cccc(C(F)(F)F)c4)c3)c(=O)n2C1c1ccc(F)cc1. The first-order chi connectivity index (χ1) is 21.0. The fourth-order valence-corrected chi connectivity index (χ4v) is 5.87. The van der Waals surface area contributed by atoms with Crippen LogP contribution in [0.3, 0.4) is 0 Å². The molecule has 0 bridgehead atoms. The molecule has 2 heterocycles. The number of thiazole rings is 1. The molecular formula is C32H26F4N2O5S. The van der Waals surface area contributed by atoms with Crippen LogP contribution in [-0.4, -0.2) is 24.3 Å². The summed E-state index contributed by atoms with van der Waals surface area (Å²) in [6, 6.07) is 14.3. The van der Waals surface area contributed by atoms with Gasteiger partial charge in [0.25, 0.3) is 5.56 Å². The lowest BCUT2D eigenvalue weighted by Gasteiger charge is -2.24. The molecule has 0 amide bonds. The number of allylic oxidation sites excluding steroid dienone is 1. The standard InChI is InChI=1S/C32H26F4N2O5S/c1-4-42-30(40)27-18(2)37-31-38(28(27)20-9-11-23(33)12-10-20)29(39)26(44-31)15-19-8-13-25(41-3)21(14-19)17-43-24-7-5-6-22(16-24)32(34,35)36/h5-16,28H,4,17H2,1-3H3/b26-15+. The monoisotopic (exact) mass is 626 g/mol. The molecular weight excluding hydrogens is 600 g/mol. The second-order valence-corrected chi connectivity index (χ2v) is 10.7. The number of halogens is 4. The van der Waals surface area contributed by atoms with E-state index in [1.54, 1.807) is 38.1 Å². The molecule has 44 heavy (non-hydrogen) atoms. The van der Waals surface area contributed by atoms with Crippen molar-refractivity contribution in [3.05, 3.63) is 126 Å². The molecule has 0 fully saturated rings. The van der Waals surface area contributed by atoms with Crippen molar-refractivity contribution in [3.63, 3.8) is 0 Å². The second-order valence-electron chi connectivity index (χ2n) is 9.74. The van der Waals surface area contributed by atoms with Gasteiger partial charge in [0.2, 0.25) is 0 Å². The van der Waals surface area contributed by atoms with E-state index in [1.165, 1.54) is 48.1 Å². The highest BCUT2D eigenvalue weighted by atomic mass is 32.1. The van der Waals surface area contributed by atoms with Crippen LogP contribution in [0.5, 0.6) is 11.5 Å². The van der Waals surface area contributed by atoms with E-state index in [4.69, 9.17) is 14.2 Å². The molecule has 0 saturated heterocycles. The number of esters is 1. The molecule has 0 N–H and O–H groups in total. The van der Waals surface area contributed by atoms with Crippen molar-refractivity contribution in [1.82, 2.24) is 4.57 Å². The van der Waals surface area contributed by atoms with Crippen LogP contribution >= 0.6 is 11.3 Å². The van der Waals surface area contributed by atoms with Crippen LogP contribution in [-0.2, 0) is 22.3 Å². The second kappa shape index (κ2) is 12.5. The lowest BCUT2D eigenvalue weighted by atomic mass is 9.96. The van der Waals surface area contributed by atoms with E-state index < -0.39 is 35.1 Å². The fraction of sp³-hybridized carbons (Fsp3) is 0.219. The third kappa shape index (κ3) is 6.30. The van der Waals surface area contributed by atoms with Crippen LogP contribution in [0.25, 0.3) is 6.08 Å². The normalized spacial score (nSPS) is 15.1. The number of carbonyl (C=O) groups is 1. The quantitative estimate of drug-likeness (QED) is 0.190. The molecule has 228 valence electrons. The number of fused-ring (bicyclic) bond motifs is 1. The van der Waals surface area contributed by atoms with Gasteiger partial charge in [-0.15, -0.1) is 0 Å². The van der Waals surface area contributed by atoms with Crippen LogP contribution in [0, 0.1) is 5.82 Å². The van der Waals surface area contributed by atoms with Crippen molar-refractivity contribution in [1.29, 1.82) is 0 Å². The van der Waals surface area contributed by atoms with Crippen molar-refractivity contribution in [2.45, 2.75) is 32.7 Å². The summed E-state index contributed by atoms with van der Waals surface area (Å²) in [6.45, 7) is 3.34. The number of alkyl halides is 3. The molecule has 0 saturated carbocycles. The van der Waals surface area contributed by atoms with Gasteiger partial charge in [-0.05, 0) is 73.5 Å². The zero-order valence-electron chi connectivity index (χ0n) is 23.8.